The van der Waals surface area contributed by atoms with Crippen LogP contribution < -0.4 is 0 Å². The van der Waals surface area contributed by atoms with Gasteiger partial charge in [-0.1, -0.05) is 27.7 Å². The molecule has 1 aliphatic heterocycles. The van der Waals surface area contributed by atoms with E-state index in [4.69, 9.17) is 4.74 Å². The van der Waals surface area contributed by atoms with Crippen LogP contribution in [0.1, 0.15) is 62.8 Å². The van der Waals surface area contributed by atoms with Crippen molar-refractivity contribution in [1.82, 2.24) is 4.98 Å². The summed E-state index contributed by atoms with van der Waals surface area (Å²) in [5.41, 5.74) is 3.95. The standard InChI is InChI=1S/C16H23NO/c1-11(2)13-5-8-17-15-7-10-18-9-6-14(12(3)4)16(13)15/h5,7-8,10-12,14H,6,9H2,1-4H3. The van der Waals surface area contributed by atoms with Crippen molar-refractivity contribution < 1.29 is 4.74 Å². The van der Waals surface area contributed by atoms with E-state index in [1.165, 1.54) is 11.1 Å². The molecule has 18 heavy (non-hydrogen) atoms. The Kier molecular flexibility index (Phi) is 4.05. The van der Waals surface area contributed by atoms with Crippen molar-refractivity contribution >= 4 is 6.08 Å². The van der Waals surface area contributed by atoms with Crippen LogP contribution in [0.4, 0.5) is 0 Å². The smallest absolute Gasteiger partial charge is 0.0879 e. The Labute approximate surface area is 110 Å². The number of fused-ring (bicyclic) bond motifs is 1. The number of nitrogens with zero attached hydrogens (tertiary/aromatic N) is 1. The first-order valence-electron chi connectivity index (χ1n) is 6.88. The molecule has 0 saturated carbocycles. The first kappa shape index (κ1) is 13.1. The van der Waals surface area contributed by atoms with Crippen LogP contribution in [-0.4, -0.2) is 11.6 Å². The van der Waals surface area contributed by atoms with E-state index in [9.17, 15) is 0 Å². The highest BCUT2D eigenvalue weighted by atomic mass is 16.5. The predicted molar refractivity (Wildman–Crippen MR) is 75.5 cm³/mol. The maximum Gasteiger partial charge on any atom is 0.0879 e. The molecule has 2 rings (SSSR count). The molecule has 0 N–H and O–H groups in total. The minimum atomic E-state index is 0.538. The molecule has 98 valence electrons. The molecule has 1 unspecified atom stereocenters. The first-order valence-corrected chi connectivity index (χ1v) is 6.88. The van der Waals surface area contributed by atoms with Crippen molar-refractivity contribution in [2.45, 2.75) is 46.0 Å². The Morgan fingerprint density at radius 1 is 1.28 bits per heavy atom. The van der Waals surface area contributed by atoms with Gasteiger partial charge in [0.1, 0.15) is 0 Å². The summed E-state index contributed by atoms with van der Waals surface area (Å²) >= 11 is 0. The number of hydrogen-bond acceptors (Lipinski definition) is 2. The van der Waals surface area contributed by atoms with Gasteiger partial charge in [0.2, 0.25) is 0 Å². The molecule has 2 heterocycles. The molecule has 2 heteroatoms. The number of rotatable bonds is 2. The van der Waals surface area contributed by atoms with Crippen LogP contribution in [0.5, 0.6) is 0 Å². The fraction of sp³-hybridized carbons (Fsp3) is 0.562. The van der Waals surface area contributed by atoms with E-state index in [0.717, 1.165) is 18.7 Å². The number of hydrogen-bond donors (Lipinski definition) is 0. The third-order valence-corrected chi connectivity index (χ3v) is 3.72. The second-order valence-electron chi connectivity index (χ2n) is 5.67. The summed E-state index contributed by atoms with van der Waals surface area (Å²) in [4.78, 5) is 4.53. The van der Waals surface area contributed by atoms with Crippen LogP contribution in [0.2, 0.25) is 0 Å². The van der Waals surface area contributed by atoms with Crippen molar-refractivity contribution in [3.05, 3.63) is 35.3 Å². The Morgan fingerprint density at radius 3 is 2.72 bits per heavy atom. The second-order valence-corrected chi connectivity index (χ2v) is 5.67. The van der Waals surface area contributed by atoms with Gasteiger partial charge in [0.15, 0.2) is 0 Å². The fourth-order valence-electron chi connectivity index (χ4n) is 2.73. The number of ether oxygens (including phenoxy) is 1. The molecule has 0 spiro atoms. The van der Waals surface area contributed by atoms with E-state index in [1.807, 2.05) is 12.3 Å². The van der Waals surface area contributed by atoms with Crippen LogP contribution in [0.25, 0.3) is 6.08 Å². The molecule has 0 saturated heterocycles. The normalized spacial score (nSPS) is 19.3. The summed E-state index contributed by atoms with van der Waals surface area (Å²) in [6, 6.07) is 2.18. The van der Waals surface area contributed by atoms with Crippen LogP contribution >= 0.6 is 0 Å². The van der Waals surface area contributed by atoms with E-state index in [2.05, 4.69) is 38.7 Å². The molecule has 0 aliphatic carbocycles. The van der Waals surface area contributed by atoms with Gasteiger partial charge >= 0.3 is 0 Å². The summed E-state index contributed by atoms with van der Waals surface area (Å²) in [6.07, 6.45) is 6.78. The van der Waals surface area contributed by atoms with Gasteiger partial charge in [-0.3, -0.25) is 4.98 Å². The predicted octanol–water partition coefficient (Wildman–Crippen LogP) is 4.34. The molecule has 1 aromatic heterocycles. The molecule has 0 radical (unpaired) electrons. The summed E-state index contributed by atoms with van der Waals surface area (Å²) in [6.45, 7) is 9.89. The van der Waals surface area contributed by atoms with Gasteiger partial charge in [-0.25, -0.2) is 0 Å². The van der Waals surface area contributed by atoms with Gasteiger partial charge in [0.05, 0.1) is 18.6 Å². The molecular formula is C16H23NO. The molecule has 2 nitrogen and oxygen atoms in total. The Morgan fingerprint density at radius 2 is 2.06 bits per heavy atom. The molecule has 0 fully saturated rings. The van der Waals surface area contributed by atoms with Gasteiger partial charge in [0, 0.05) is 6.20 Å². The molecule has 1 aromatic rings. The number of pyridine rings is 1. The van der Waals surface area contributed by atoms with Gasteiger partial charge in [-0.05, 0) is 47.4 Å². The minimum Gasteiger partial charge on any atom is -0.501 e. The van der Waals surface area contributed by atoms with E-state index in [1.54, 1.807) is 6.26 Å². The average molecular weight is 245 g/mol. The van der Waals surface area contributed by atoms with Crippen LogP contribution in [0.15, 0.2) is 18.5 Å². The first-order chi connectivity index (χ1) is 8.61. The molecule has 1 atom stereocenters. The van der Waals surface area contributed by atoms with Gasteiger partial charge < -0.3 is 4.74 Å². The third kappa shape index (κ3) is 2.58. The quantitative estimate of drug-likeness (QED) is 0.773. The highest BCUT2D eigenvalue weighted by Gasteiger charge is 2.24. The third-order valence-electron chi connectivity index (χ3n) is 3.72. The van der Waals surface area contributed by atoms with E-state index < -0.39 is 0 Å². The van der Waals surface area contributed by atoms with E-state index in [0.29, 0.717) is 17.8 Å². The zero-order valence-electron chi connectivity index (χ0n) is 11.8. The lowest BCUT2D eigenvalue weighted by molar-refractivity contribution is 0.225. The minimum absolute atomic E-state index is 0.538. The van der Waals surface area contributed by atoms with Crippen molar-refractivity contribution in [1.29, 1.82) is 0 Å². The van der Waals surface area contributed by atoms with Crippen molar-refractivity contribution in [2.24, 2.45) is 5.92 Å². The summed E-state index contributed by atoms with van der Waals surface area (Å²) in [5, 5.41) is 0. The lowest BCUT2D eigenvalue weighted by Gasteiger charge is -2.27. The van der Waals surface area contributed by atoms with E-state index in [-0.39, 0.29) is 0 Å². The van der Waals surface area contributed by atoms with Crippen LogP contribution in [0, 0.1) is 5.92 Å². The lowest BCUT2D eigenvalue weighted by Crippen LogP contribution is -2.16. The molecule has 0 bridgehead atoms. The average Bonchev–Trinajstić information content (AvgIpc) is 2.28. The summed E-state index contributed by atoms with van der Waals surface area (Å²) in [7, 11) is 0. The maximum atomic E-state index is 5.49. The van der Waals surface area contributed by atoms with Gasteiger partial charge in [-0.2, -0.15) is 0 Å². The zero-order valence-corrected chi connectivity index (χ0v) is 11.8. The second kappa shape index (κ2) is 5.55. The monoisotopic (exact) mass is 245 g/mol. The Bertz CT molecular complexity index is 435. The highest BCUT2D eigenvalue weighted by Crippen LogP contribution is 2.36. The van der Waals surface area contributed by atoms with E-state index >= 15 is 0 Å². The van der Waals surface area contributed by atoms with Crippen molar-refractivity contribution in [3.8, 4) is 0 Å². The molecular weight excluding hydrogens is 222 g/mol. The van der Waals surface area contributed by atoms with Crippen molar-refractivity contribution in [2.75, 3.05) is 6.61 Å². The maximum absolute atomic E-state index is 5.49. The SMILES string of the molecule is CC(C)c1ccnc2c1C(C(C)C)CCOC=C2. The molecule has 0 aromatic carbocycles. The summed E-state index contributed by atoms with van der Waals surface area (Å²) in [5.74, 6) is 1.69. The lowest BCUT2D eigenvalue weighted by atomic mass is 9.80. The largest absolute Gasteiger partial charge is 0.501 e. The topological polar surface area (TPSA) is 22.1 Å². The fourth-order valence-corrected chi connectivity index (χ4v) is 2.73. The summed E-state index contributed by atoms with van der Waals surface area (Å²) < 4.78 is 5.49. The van der Waals surface area contributed by atoms with Gasteiger partial charge in [0.25, 0.3) is 0 Å². The zero-order chi connectivity index (χ0) is 13.1. The Balaban J connectivity index is 2.58. The molecule has 1 aliphatic rings. The Hall–Kier alpha value is -1.31. The van der Waals surface area contributed by atoms with Crippen molar-refractivity contribution in [3.63, 3.8) is 0 Å². The van der Waals surface area contributed by atoms with Gasteiger partial charge in [-0.15, -0.1) is 0 Å². The molecule has 0 amide bonds. The van der Waals surface area contributed by atoms with Crippen LogP contribution in [0.3, 0.4) is 0 Å². The van der Waals surface area contributed by atoms with Crippen LogP contribution in [-0.2, 0) is 4.74 Å². The number of aromatic nitrogens is 1. The highest BCUT2D eigenvalue weighted by molar-refractivity contribution is 5.53.